The van der Waals surface area contributed by atoms with Crippen LogP contribution in [0.3, 0.4) is 0 Å². The highest BCUT2D eigenvalue weighted by atomic mass is 16.5. The minimum atomic E-state index is 0.351. The van der Waals surface area contributed by atoms with E-state index in [9.17, 15) is 0 Å². The number of H-pyrrole nitrogens is 1. The molecule has 23 heavy (non-hydrogen) atoms. The Morgan fingerprint density at radius 3 is 3.04 bits per heavy atom. The van der Waals surface area contributed by atoms with Crippen molar-refractivity contribution in [1.29, 1.82) is 0 Å². The summed E-state index contributed by atoms with van der Waals surface area (Å²) in [5, 5.41) is 5.55. The summed E-state index contributed by atoms with van der Waals surface area (Å²) in [6.45, 7) is 6.37. The molecule has 4 nitrogen and oxygen atoms in total. The average molecular weight is 309 g/mol. The number of benzene rings is 1. The van der Waals surface area contributed by atoms with Crippen LogP contribution in [0.5, 0.6) is 0 Å². The van der Waals surface area contributed by atoms with Crippen molar-refractivity contribution >= 4 is 10.9 Å². The molecule has 0 bridgehead atoms. The summed E-state index contributed by atoms with van der Waals surface area (Å²) in [5.74, 6) is 1.43. The molecule has 0 saturated carbocycles. The van der Waals surface area contributed by atoms with Crippen LogP contribution in [0.1, 0.15) is 55.7 Å². The number of hydrogen-bond donors (Lipinski definition) is 1. The predicted octanol–water partition coefficient (Wildman–Crippen LogP) is 4.62. The fraction of sp³-hybridized carbons (Fsp3) is 0.421. The van der Waals surface area contributed by atoms with Gasteiger partial charge in [0.2, 0.25) is 0 Å². The summed E-state index contributed by atoms with van der Waals surface area (Å²) in [6.07, 6.45) is 4.50. The van der Waals surface area contributed by atoms with E-state index in [0.29, 0.717) is 12.0 Å². The summed E-state index contributed by atoms with van der Waals surface area (Å²) in [4.78, 5) is 5.89. The third-order valence-electron chi connectivity index (χ3n) is 4.88. The lowest BCUT2D eigenvalue weighted by molar-refractivity contribution is 0.207. The van der Waals surface area contributed by atoms with E-state index in [1.165, 1.54) is 22.9 Å². The van der Waals surface area contributed by atoms with Gasteiger partial charge in [0, 0.05) is 29.7 Å². The maximum atomic E-state index is 5.65. The Hall–Kier alpha value is -2.07. The van der Waals surface area contributed by atoms with Gasteiger partial charge >= 0.3 is 0 Å². The topological polar surface area (TPSA) is 45.1 Å². The lowest BCUT2D eigenvalue weighted by Crippen LogP contribution is -2.22. The van der Waals surface area contributed by atoms with Crippen LogP contribution in [0, 0.1) is 0 Å². The SMILES string of the molecule is CC(C)c1cc(C2CCCN2Cc2c[nH]c3ccccc23)on1. The predicted molar refractivity (Wildman–Crippen MR) is 91.3 cm³/mol. The normalized spacial score (nSPS) is 19.2. The number of nitrogens with one attached hydrogen (secondary N) is 1. The van der Waals surface area contributed by atoms with Crippen molar-refractivity contribution in [2.75, 3.05) is 6.54 Å². The number of fused-ring (bicyclic) bond motifs is 1. The van der Waals surface area contributed by atoms with Gasteiger partial charge in [0.15, 0.2) is 5.76 Å². The third kappa shape index (κ3) is 2.68. The number of hydrogen-bond acceptors (Lipinski definition) is 3. The number of likely N-dealkylation sites (tertiary alicyclic amines) is 1. The standard InChI is InChI=1S/C19H23N3O/c1-13(2)17-10-19(23-21-17)18-8-5-9-22(18)12-14-11-20-16-7-4-3-6-15(14)16/h3-4,6-7,10-11,13,18,20H,5,8-9,12H2,1-2H3. The van der Waals surface area contributed by atoms with Crippen LogP contribution in [-0.4, -0.2) is 21.6 Å². The molecule has 1 aliphatic rings. The van der Waals surface area contributed by atoms with Gasteiger partial charge in [0.05, 0.1) is 11.7 Å². The summed E-state index contributed by atoms with van der Waals surface area (Å²) >= 11 is 0. The second-order valence-electron chi connectivity index (χ2n) is 6.80. The molecule has 4 heteroatoms. The van der Waals surface area contributed by atoms with Gasteiger partial charge in [-0.05, 0) is 36.9 Å². The molecule has 1 fully saturated rings. The minimum absolute atomic E-state index is 0.351. The van der Waals surface area contributed by atoms with Gasteiger partial charge in [0.1, 0.15) is 0 Å². The molecule has 0 radical (unpaired) electrons. The molecule has 0 spiro atoms. The van der Waals surface area contributed by atoms with Crippen molar-refractivity contribution in [2.45, 2.75) is 45.2 Å². The molecule has 1 aromatic carbocycles. The highest BCUT2D eigenvalue weighted by Crippen LogP contribution is 2.35. The second kappa shape index (κ2) is 5.85. The van der Waals surface area contributed by atoms with E-state index in [2.05, 4.69) is 65.4 Å². The number of rotatable bonds is 4. The Morgan fingerprint density at radius 1 is 1.35 bits per heavy atom. The van der Waals surface area contributed by atoms with Gasteiger partial charge in [-0.1, -0.05) is 37.2 Å². The van der Waals surface area contributed by atoms with Crippen LogP contribution in [0.25, 0.3) is 10.9 Å². The highest BCUT2D eigenvalue weighted by molar-refractivity contribution is 5.82. The molecule has 3 aromatic rings. The van der Waals surface area contributed by atoms with Crippen molar-refractivity contribution in [1.82, 2.24) is 15.0 Å². The zero-order chi connectivity index (χ0) is 15.8. The fourth-order valence-electron chi connectivity index (χ4n) is 3.55. The van der Waals surface area contributed by atoms with E-state index in [0.717, 1.165) is 31.0 Å². The number of aromatic nitrogens is 2. The van der Waals surface area contributed by atoms with E-state index < -0.39 is 0 Å². The molecule has 3 heterocycles. The van der Waals surface area contributed by atoms with Gasteiger partial charge in [-0.15, -0.1) is 0 Å². The van der Waals surface area contributed by atoms with Gasteiger partial charge < -0.3 is 9.51 Å². The Labute approximate surface area is 136 Å². The fourth-order valence-corrected chi connectivity index (χ4v) is 3.55. The maximum absolute atomic E-state index is 5.65. The first-order valence-electron chi connectivity index (χ1n) is 8.48. The second-order valence-corrected chi connectivity index (χ2v) is 6.80. The van der Waals surface area contributed by atoms with E-state index in [-0.39, 0.29) is 0 Å². The van der Waals surface area contributed by atoms with Crippen LogP contribution in [0.4, 0.5) is 0 Å². The van der Waals surface area contributed by atoms with Crippen LogP contribution < -0.4 is 0 Å². The molecule has 4 rings (SSSR count). The van der Waals surface area contributed by atoms with Crippen molar-refractivity contribution in [2.24, 2.45) is 0 Å². The lowest BCUT2D eigenvalue weighted by atomic mass is 10.1. The Balaban J connectivity index is 1.58. The highest BCUT2D eigenvalue weighted by Gasteiger charge is 2.30. The Bertz CT molecular complexity index is 802. The Kier molecular flexibility index (Phi) is 3.69. The van der Waals surface area contributed by atoms with Crippen molar-refractivity contribution in [3.63, 3.8) is 0 Å². The third-order valence-corrected chi connectivity index (χ3v) is 4.88. The molecule has 0 aliphatic carbocycles. The van der Waals surface area contributed by atoms with Gasteiger partial charge in [-0.3, -0.25) is 4.90 Å². The van der Waals surface area contributed by atoms with Crippen LogP contribution >= 0.6 is 0 Å². The minimum Gasteiger partial charge on any atom is -0.361 e. The molecule has 120 valence electrons. The zero-order valence-electron chi connectivity index (χ0n) is 13.7. The first-order chi connectivity index (χ1) is 11.2. The summed E-state index contributed by atoms with van der Waals surface area (Å²) in [6, 6.07) is 11.0. The number of aromatic amines is 1. The van der Waals surface area contributed by atoms with Gasteiger partial charge in [-0.25, -0.2) is 0 Å². The largest absolute Gasteiger partial charge is 0.361 e. The molecule has 1 unspecified atom stereocenters. The smallest absolute Gasteiger partial charge is 0.154 e. The molecule has 2 aromatic heterocycles. The quantitative estimate of drug-likeness (QED) is 0.765. The van der Waals surface area contributed by atoms with Gasteiger partial charge in [-0.2, -0.15) is 0 Å². The lowest BCUT2D eigenvalue weighted by Gasteiger charge is -2.21. The molecule has 1 atom stereocenters. The van der Waals surface area contributed by atoms with Gasteiger partial charge in [0.25, 0.3) is 0 Å². The molecule has 1 aliphatic heterocycles. The van der Waals surface area contributed by atoms with Crippen LogP contribution in [-0.2, 0) is 6.54 Å². The maximum Gasteiger partial charge on any atom is 0.154 e. The van der Waals surface area contributed by atoms with E-state index in [4.69, 9.17) is 4.52 Å². The molecule has 1 saturated heterocycles. The molecule has 1 N–H and O–H groups in total. The summed E-state index contributed by atoms with van der Waals surface area (Å²) in [5.41, 5.74) is 3.62. The number of para-hydroxylation sites is 1. The summed E-state index contributed by atoms with van der Waals surface area (Å²) in [7, 11) is 0. The van der Waals surface area contributed by atoms with Crippen LogP contribution in [0.15, 0.2) is 41.1 Å². The monoisotopic (exact) mass is 309 g/mol. The first-order valence-corrected chi connectivity index (χ1v) is 8.48. The zero-order valence-corrected chi connectivity index (χ0v) is 13.7. The van der Waals surface area contributed by atoms with E-state index >= 15 is 0 Å². The Morgan fingerprint density at radius 2 is 2.22 bits per heavy atom. The first kappa shape index (κ1) is 14.5. The van der Waals surface area contributed by atoms with E-state index in [1.54, 1.807) is 0 Å². The average Bonchev–Trinajstić information content (AvgIpc) is 3.26. The van der Waals surface area contributed by atoms with Crippen molar-refractivity contribution in [3.8, 4) is 0 Å². The summed E-state index contributed by atoms with van der Waals surface area (Å²) < 4.78 is 5.65. The van der Waals surface area contributed by atoms with Crippen molar-refractivity contribution < 1.29 is 4.52 Å². The van der Waals surface area contributed by atoms with E-state index in [1.807, 2.05) is 0 Å². The number of nitrogens with zero attached hydrogens (tertiary/aromatic N) is 2. The van der Waals surface area contributed by atoms with Crippen molar-refractivity contribution in [3.05, 3.63) is 53.5 Å². The molecular weight excluding hydrogens is 286 g/mol. The molecular formula is C19H23N3O. The van der Waals surface area contributed by atoms with Crippen LogP contribution in [0.2, 0.25) is 0 Å². The molecule has 0 amide bonds.